The Bertz CT molecular complexity index is 1130. The number of rotatable bonds is 2. The summed E-state index contributed by atoms with van der Waals surface area (Å²) in [6, 6.07) is 17.0. The largest absolute Gasteiger partial charge is 0.379 e. The molecule has 1 aliphatic heterocycles. The predicted molar refractivity (Wildman–Crippen MR) is 145 cm³/mol. The Morgan fingerprint density at radius 2 is 1.69 bits per heavy atom. The molecule has 0 bridgehead atoms. The first-order valence-electron chi connectivity index (χ1n) is 14.6. The van der Waals surface area contributed by atoms with Crippen LogP contribution < -0.4 is 0 Å². The van der Waals surface area contributed by atoms with E-state index in [0.29, 0.717) is 10.8 Å². The zero-order chi connectivity index (χ0) is 23.6. The summed E-state index contributed by atoms with van der Waals surface area (Å²) >= 11 is 0. The summed E-state index contributed by atoms with van der Waals surface area (Å²) in [6.07, 6.45) is 13.9. The monoisotopic (exact) mass is 469 g/mol. The lowest BCUT2D eigenvalue weighted by molar-refractivity contribution is -0.0442. The topological polar surface area (TPSA) is 12.5 Å². The van der Waals surface area contributed by atoms with Gasteiger partial charge in [0, 0.05) is 19.1 Å². The van der Waals surface area contributed by atoms with Crippen LogP contribution in [0.1, 0.15) is 76.7 Å². The maximum Gasteiger partial charge on any atom is 0.0594 e. The number of morpholine rings is 1. The van der Waals surface area contributed by atoms with Gasteiger partial charge in [0.15, 0.2) is 0 Å². The summed E-state index contributed by atoms with van der Waals surface area (Å²) in [5.41, 5.74) is 4.36. The van der Waals surface area contributed by atoms with Gasteiger partial charge >= 0.3 is 0 Å². The van der Waals surface area contributed by atoms with Crippen LogP contribution >= 0.6 is 0 Å². The van der Waals surface area contributed by atoms with Crippen molar-refractivity contribution in [3.05, 3.63) is 59.7 Å². The SMILES string of the molecule is C[C@]12CC[C@H]3[C@@H](CC=C4C[C@H](N5CCOCC5)CC[C@@]43C)[C@@H]1CC[C@@H]2c1ccc2ccccc2c1. The molecule has 2 aromatic carbocycles. The van der Waals surface area contributed by atoms with Crippen molar-refractivity contribution in [2.45, 2.75) is 77.2 Å². The van der Waals surface area contributed by atoms with Crippen molar-refractivity contribution in [1.82, 2.24) is 4.90 Å². The average Bonchev–Trinajstić information content (AvgIpc) is 3.25. The number of allylic oxidation sites excluding steroid dienone is 1. The molecule has 0 amide bonds. The highest BCUT2D eigenvalue weighted by Gasteiger charge is 2.58. The quantitative estimate of drug-likeness (QED) is 0.420. The second-order valence-corrected chi connectivity index (χ2v) is 13.1. The molecule has 2 nitrogen and oxygen atoms in total. The van der Waals surface area contributed by atoms with E-state index in [1.165, 1.54) is 62.1 Å². The summed E-state index contributed by atoms with van der Waals surface area (Å²) in [6.45, 7) is 9.47. The first-order chi connectivity index (χ1) is 17.1. The number of ether oxygens (including phenoxy) is 1. The lowest BCUT2D eigenvalue weighted by atomic mass is 9.47. The van der Waals surface area contributed by atoms with Crippen molar-refractivity contribution in [2.75, 3.05) is 26.3 Å². The summed E-state index contributed by atoms with van der Waals surface area (Å²) < 4.78 is 5.64. The smallest absolute Gasteiger partial charge is 0.0594 e. The maximum absolute atomic E-state index is 5.64. The van der Waals surface area contributed by atoms with Crippen molar-refractivity contribution >= 4 is 10.8 Å². The van der Waals surface area contributed by atoms with Gasteiger partial charge in [0.1, 0.15) is 0 Å². The lowest BCUT2D eigenvalue weighted by Crippen LogP contribution is -2.52. The molecule has 0 unspecified atom stereocenters. The Kier molecular flexibility index (Phi) is 5.45. The Morgan fingerprint density at radius 1 is 0.857 bits per heavy atom. The number of benzene rings is 2. The molecule has 2 aromatic rings. The molecule has 0 N–H and O–H groups in total. The standard InChI is InChI=1S/C33H43NO/c1-32-15-13-27(34-17-19-35-20-18-34)22-26(32)9-10-28-30-12-11-29(33(30,2)16-14-31(28)32)25-8-7-23-5-3-4-6-24(23)21-25/h3-9,21,27-31H,10-20,22H2,1-2H3/t27-,28+,29-,30+,31+,32+,33-/m1/s1. The van der Waals surface area contributed by atoms with E-state index in [-0.39, 0.29) is 0 Å². The normalized spacial score (nSPS) is 41.7. The summed E-state index contributed by atoms with van der Waals surface area (Å²) in [5, 5.41) is 2.80. The second-order valence-electron chi connectivity index (χ2n) is 13.1. The van der Waals surface area contributed by atoms with Gasteiger partial charge in [-0.05, 0) is 102 Å². The molecule has 35 heavy (non-hydrogen) atoms. The average molecular weight is 470 g/mol. The highest BCUT2D eigenvalue weighted by molar-refractivity contribution is 5.83. The van der Waals surface area contributed by atoms with E-state index >= 15 is 0 Å². The van der Waals surface area contributed by atoms with Gasteiger partial charge in [-0.15, -0.1) is 0 Å². The minimum Gasteiger partial charge on any atom is -0.379 e. The minimum absolute atomic E-state index is 0.452. The zero-order valence-corrected chi connectivity index (χ0v) is 21.8. The molecule has 5 aliphatic rings. The van der Waals surface area contributed by atoms with E-state index < -0.39 is 0 Å². The summed E-state index contributed by atoms with van der Waals surface area (Å²) in [7, 11) is 0. The molecular weight excluding hydrogens is 426 g/mol. The van der Waals surface area contributed by atoms with Crippen molar-refractivity contribution in [1.29, 1.82) is 0 Å². The molecule has 1 saturated heterocycles. The van der Waals surface area contributed by atoms with E-state index in [0.717, 1.165) is 56.0 Å². The molecular formula is C33H43NO. The molecule has 1 heterocycles. The molecule has 3 saturated carbocycles. The summed E-state index contributed by atoms with van der Waals surface area (Å²) in [4.78, 5) is 2.74. The zero-order valence-electron chi connectivity index (χ0n) is 21.8. The Balaban J connectivity index is 1.14. The van der Waals surface area contributed by atoms with E-state index in [9.17, 15) is 0 Å². The highest BCUT2D eigenvalue weighted by Crippen LogP contribution is 2.68. The third-order valence-corrected chi connectivity index (χ3v) is 11.8. The number of hydrogen-bond donors (Lipinski definition) is 0. The van der Waals surface area contributed by atoms with E-state index in [1.807, 2.05) is 5.57 Å². The van der Waals surface area contributed by atoms with Crippen LogP contribution in [0, 0.1) is 28.6 Å². The molecule has 2 heteroatoms. The third-order valence-electron chi connectivity index (χ3n) is 11.8. The first kappa shape index (κ1) is 22.5. The maximum atomic E-state index is 5.64. The summed E-state index contributed by atoms with van der Waals surface area (Å²) in [5.74, 6) is 3.42. The van der Waals surface area contributed by atoms with Crippen molar-refractivity contribution in [3.8, 4) is 0 Å². The van der Waals surface area contributed by atoms with Crippen LogP contribution in [0.5, 0.6) is 0 Å². The van der Waals surface area contributed by atoms with E-state index in [1.54, 1.807) is 5.56 Å². The Morgan fingerprint density at radius 3 is 2.54 bits per heavy atom. The van der Waals surface area contributed by atoms with Gasteiger partial charge in [-0.25, -0.2) is 0 Å². The van der Waals surface area contributed by atoms with Gasteiger partial charge in [0.25, 0.3) is 0 Å². The van der Waals surface area contributed by atoms with Crippen LogP contribution in [0.4, 0.5) is 0 Å². The molecule has 0 spiro atoms. The van der Waals surface area contributed by atoms with Gasteiger partial charge < -0.3 is 4.74 Å². The predicted octanol–water partition coefficient (Wildman–Crippen LogP) is 7.59. The first-order valence-corrected chi connectivity index (χ1v) is 14.6. The van der Waals surface area contributed by atoms with Crippen LogP contribution in [0.25, 0.3) is 10.8 Å². The van der Waals surface area contributed by atoms with Crippen molar-refractivity contribution in [3.63, 3.8) is 0 Å². The number of nitrogens with zero attached hydrogens (tertiary/aromatic N) is 1. The van der Waals surface area contributed by atoms with Crippen molar-refractivity contribution < 1.29 is 4.74 Å². The van der Waals surface area contributed by atoms with Crippen molar-refractivity contribution in [2.24, 2.45) is 28.6 Å². The van der Waals surface area contributed by atoms with Crippen LogP contribution in [-0.4, -0.2) is 37.2 Å². The lowest BCUT2D eigenvalue weighted by Gasteiger charge is -2.59. The van der Waals surface area contributed by atoms with Gasteiger partial charge in [-0.1, -0.05) is 68.0 Å². The van der Waals surface area contributed by atoms with Crippen LogP contribution in [0.2, 0.25) is 0 Å². The van der Waals surface area contributed by atoms with Gasteiger partial charge in [0.05, 0.1) is 13.2 Å². The molecule has 0 radical (unpaired) electrons. The van der Waals surface area contributed by atoms with Crippen LogP contribution in [0.3, 0.4) is 0 Å². The fourth-order valence-electron chi connectivity index (χ4n) is 9.87. The van der Waals surface area contributed by atoms with Crippen LogP contribution in [0.15, 0.2) is 54.1 Å². The molecule has 186 valence electrons. The third kappa shape index (κ3) is 3.50. The second kappa shape index (κ2) is 8.45. The minimum atomic E-state index is 0.452. The van der Waals surface area contributed by atoms with E-state index in [2.05, 4.69) is 67.3 Å². The molecule has 7 atom stereocenters. The highest BCUT2D eigenvalue weighted by atomic mass is 16.5. The van der Waals surface area contributed by atoms with Gasteiger partial charge in [-0.3, -0.25) is 4.90 Å². The fourth-order valence-corrected chi connectivity index (χ4v) is 9.87. The fraction of sp³-hybridized carbons (Fsp3) is 0.636. The molecule has 4 fully saturated rings. The van der Waals surface area contributed by atoms with Gasteiger partial charge in [-0.2, -0.15) is 0 Å². The van der Waals surface area contributed by atoms with Crippen LogP contribution in [-0.2, 0) is 4.74 Å². The van der Waals surface area contributed by atoms with Gasteiger partial charge in [0.2, 0.25) is 0 Å². The Hall–Kier alpha value is -1.64. The molecule has 0 aromatic heterocycles. The molecule has 4 aliphatic carbocycles. The number of hydrogen-bond acceptors (Lipinski definition) is 2. The Labute approximate surface area is 212 Å². The number of fused-ring (bicyclic) bond motifs is 6. The molecule has 7 rings (SSSR count). The van der Waals surface area contributed by atoms with E-state index in [4.69, 9.17) is 4.74 Å².